The van der Waals surface area contributed by atoms with Crippen LogP contribution in [0.1, 0.15) is 35.4 Å². The molecule has 1 fully saturated rings. The first-order valence-electron chi connectivity index (χ1n) is 10.5. The van der Waals surface area contributed by atoms with E-state index in [2.05, 4.69) is 20.4 Å². The number of hydrogen-bond donors (Lipinski definition) is 2. The third-order valence-corrected chi connectivity index (χ3v) is 5.65. The first-order valence-corrected chi connectivity index (χ1v) is 10.5. The standard InChI is InChI=1S/C23H27FN4O3/c1-15(29)16-4-7-21(22(12-16)30-2)31-11-3-9-28-10-8-25-14-20(28)23-18-6-5-17(24)13-19(18)26-27-23/h4-7,12-13,20,25H,3,8-11,14H2,1-2H3,(H,26,27). The number of ether oxygens (including phenoxy) is 2. The number of carbonyl (C=O) groups is 1. The lowest BCUT2D eigenvalue weighted by Crippen LogP contribution is -2.46. The van der Waals surface area contributed by atoms with E-state index < -0.39 is 0 Å². The number of aromatic amines is 1. The lowest BCUT2D eigenvalue weighted by Gasteiger charge is -2.35. The molecule has 0 amide bonds. The van der Waals surface area contributed by atoms with Crippen LogP contribution in [0.4, 0.5) is 4.39 Å². The van der Waals surface area contributed by atoms with Crippen LogP contribution in [0.5, 0.6) is 11.5 Å². The van der Waals surface area contributed by atoms with Crippen LogP contribution >= 0.6 is 0 Å². The molecule has 3 aromatic rings. The third kappa shape index (κ3) is 4.70. The quantitative estimate of drug-likeness (QED) is 0.425. The van der Waals surface area contributed by atoms with Crippen LogP contribution in [0, 0.1) is 5.82 Å². The maximum absolute atomic E-state index is 13.5. The second-order valence-corrected chi connectivity index (χ2v) is 7.68. The van der Waals surface area contributed by atoms with Gasteiger partial charge in [-0.05, 0) is 43.7 Å². The average molecular weight is 426 g/mol. The molecule has 164 valence electrons. The molecular weight excluding hydrogens is 399 g/mol. The summed E-state index contributed by atoms with van der Waals surface area (Å²) in [5, 5.41) is 11.8. The van der Waals surface area contributed by atoms with Crippen molar-refractivity contribution in [1.82, 2.24) is 20.4 Å². The Morgan fingerprint density at radius 3 is 2.94 bits per heavy atom. The molecular formula is C23H27FN4O3. The van der Waals surface area contributed by atoms with Crippen LogP contribution < -0.4 is 14.8 Å². The molecule has 0 bridgehead atoms. The number of nitrogens with zero attached hydrogens (tertiary/aromatic N) is 2. The number of carbonyl (C=O) groups excluding carboxylic acids is 1. The first kappa shape index (κ1) is 21.3. The topological polar surface area (TPSA) is 79.5 Å². The molecule has 1 aliphatic rings. The van der Waals surface area contributed by atoms with Crippen molar-refractivity contribution in [3.8, 4) is 11.5 Å². The number of nitrogens with one attached hydrogen (secondary N) is 2. The van der Waals surface area contributed by atoms with E-state index in [4.69, 9.17) is 9.47 Å². The maximum atomic E-state index is 13.5. The van der Waals surface area contributed by atoms with Gasteiger partial charge < -0.3 is 14.8 Å². The van der Waals surface area contributed by atoms with E-state index in [0.717, 1.165) is 43.7 Å². The van der Waals surface area contributed by atoms with E-state index in [-0.39, 0.29) is 17.6 Å². The van der Waals surface area contributed by atoms with Gasteiger partial charge in [0.15, 0.2) is 17.3 Å². The van der Waals surface area contributed by atoms with Gasteiger partial charge in [-0.3, -0.25) is 14.8 Å². The van der Waals surface area contributed by atoms with Gasteiger partial charge in [-0.1, -0.05) is 0 Å². The molecule has 0 aliphatic carbocycles. The molecule has 2 heterocycles. The lowest BCUT2D eigenvalue weighted by molar-refractivity contribution is 0.101. The molecule has 0 spiro atoms. The molecule has 2 N–H and O–H groups in total. The Labute approximate surface area is 180 Å². The number of halogens is 1. The number of rotatable bonds is 8. The van der Waals surface area contributed by atoms with Gasteiger partial charge in [0.05, 0.1) is 31.0 Å². The van der Waals surface area contributed by atoms with E-state index in [1.165, 1.54) is 19.1 Å². The summed E-state index contributed by atoms with van der Waals surface area (Å²) in [5.74, 6) is 0.895. The second-order valence-electron chi connectivity index (χ2n) is 7.68. The monoisotopic (exact) mass is 426 g/mol. The Morgan fingerprint density at radius 2 is 2.13 bits per heavy atom. The zero-order valence-corrected chi connectivity index (χ0v) is 17.8. The highest BCUT2D eigenvalue weighted by atomic mass is 19.1. The molecule has 1 aromatic heterocycles. The van der Waals surface area contributed by atoms with Gasteiger partial charge >= 0.3 is 0 Å². The number of piperazine rings is 1. The molecule has 0 radical (unpaired) electrons. The Morgan fingerprint density at radius 1 is 1.26 bits per heavy atom. The maximum Gasteiger partial charge on any atom is 0.161 e. The predicted octanol–water partition coefficient (Wildman–Crippen LogP) is 3.33. The molecule has 1 aliphatic heterocycles. The Hall–Kier alpha value is -2.97. The molecule has 1 saturated heterocycles. The van der Waals surface area contributed by atoms with Crippen molar-refractivity contribution in [2.75, 3.05) is 39.9 Å². The first-order chi connectivity index (χ1) is 15.1. The molecule has 7 nitrogen and oxygen atoms in total. The van der Waals surface area contributed by atoms with Crippen molar-refractivity contribution >= 4 is 16.7 Å². The minimum atomic E-state index is -0.284. The van der Waals surface area contributed by atoms with E-state index in [1.54, 1.807) is 31.4 Å². The van der Waals surface area contributed by atoms with Crippen LogP contribution in [0.3, 0.4) is 0 Å². The molecule has 8 heteroatoms. The Balaban J connectivity index is 1.39. The Bertz CT molecular complexity index is 1070. The van der Waals surface area contributed by atoms with Crippen molar-refractivity contribution in [2.24, 2.45) is 0 Å². The molecule has 31 heavy (non-hydrogen) atoms. The summed E-state index contributed by atoms with van der Waals surface area (Å²) in [6.45, 7) is 5.53. The fourth-order valence-corrected chi connectivity index (χ4v) is 4.01. The van der Waals surface area contributed by atoms with Gasteiger partial charge in [0.25, 0.3) is 0 Å². The largest absolute Gasteiger partial charge is 0.493 e. The van der Waals surface area contributed by atoms with Crippen LogP contribution in [0.2, 0.25) is 0 Å². The second kappa shape index (κ2) is 9.45. The fourth-order valence-electron chi connectivity index (χ4n) is 4.01. The minimum absolute atomic E-state index is 0.0105. The van der Waals surface area contributed by atoms with Gasteiger partial charge in [0.2, 0.25) is 0 Å². The molecule has 2 aromatic carbocycles. The molecule has 1 atom stereocenters. The van der Waals surface area contributed by atoms with Crippen molar-refractivity contribution in [3.05, 3.63) is 53.5 Å². The average Bonchev–Trinajstić information content (AvgIpc) is 3.19. The molecule has 4 rings (SSSR count). The van der Waals surface area contributed by atoms with Gasteiger partial charge in [-0.2, -0.15) is 5.10 Å². The van der Waals surface area contributed by atoms with Crippen LogP contribution in [-0.2, 0) is 0 Å². The predicted molar refractivity (Wildman–Crippen MR) is 116 cm³/mol. The van der Waals surface area contributed by atoms with Crippen molar-refractivity contribution in [3.63, 3.8) is 0 Å². The summed E-state index contributed by atoms with van der Waals surface area (Å²) in [6, 6.07) is 10.1. The summed E-state index contributed by atoms with van der Waals surface area (Å²) in [5.41, 5.74) is 2.24. The summed E-state index contributed by atoms with van der Waals surface area (Å²) >= 11 is 0. The van der Waals surface area contributed by atoms with Crippen LogP contribution in [0.15, 0.2) is 36.4 Å². The minimum Gasteiger partial charge on any atom is -0.493 e. The van der Waals surface area contributed by atoms with Gasteiger partial charge in [0, 0.05) is 43.2 Å². The molecule has 1 unspecified atom stereocenters. The number of hydrogen-bond acceptors (Lipinski definition) is 6. The number of Topliss-reactive ketones (excluding diaryl/α,β-unsaturated/α-hetero) is 1. The number of ketones is 1. The SMILES string of the molecule is COc1cc(C(C)=O)ccc1OCCCN1CCNCC1c1[nH]nc2cc(F)ccc12. The normalized spacial score (nSPS) is 17.1. The number of H-pyrrole nitrogens is 1. The Kier molecular flexibility index (Phi) is 6.48. The van der Waals surface area contributed by atoms with Gasteiger partial charge in [0.1, 0.15) is 5.82 Å². The fraction of sp³-hybridized carbons (Fsp3) is 0.391. The lowest BCUT2D eigenvalue weighted by atomic mass is 10.1. The van der Waals surface area contributed by atoms with E-state index in [0.29, 0.717) is 29.2 Å². The van der Waals surface area contributed by atoms with Crippen molar-refractivity contribution in [2.45, 2.75) is 19.4 Å². The number of benzene rings is 2. The van der Waals surface area contributed by atoms with E-state index >= 15 is 0 Å². The number of fused-ring (bicyclic) bond motifs is 1. The highest BCUT2D eigenvalue weighted by Gasteiger charge is 2.26. The van der Waals surface area contributed by atoms with E-state index in [9.17, 15) is 9.18 Å². The number of methoxy groups -OCH3 is 1. The van der Waals surface area contributed by atoms with Crippen LogP contribution in [0.25, 0.3) is 10.9 Å². The summed E-state index contributed by atoms with van der Waals surface area (Å²) in [7, 11) is 1.57. The summed E-state index contributed by atoms with van der Waals surface area (Å²) < 4.78 is 24.8. The molecule has 0 saturated carbocycles. The zero-order valence-electron chi connectivity index (χ0n) is 17.8. The van der Waals surface area contributed by atoms with E-state index in [1.807, 2.05) is 0 Å². The summed E-state index contributed by atoms with van der Waals surface area (Å²) in [4.78, 5) is 13.9. The van der Waals surface area contributed by atoms with Crippen molar-refractivity contribution < 1.29 is 18.7 Å². The van der Waals surface area contributed by atoms with Gasteiger partial charge in [-0.25, -0.2) is 4.39 Å². The van der Waals surface area contributed by atoms with Crippen molar-refractivity contribution in [1.29, 1.82) is 0 Å². The zero-order chi connectivity index (χ0) is 21.8. The summed E-state index contributed by atoms with van der Waals surface area (Å²) in [6.07, 6.45) is 0.828. The highest BCUT2D eigenvalue weighted by Crippen LogP contribution is 2.30. The highest BCUT2D eigenvalue weighted by molar-refractivity contribution is 5.94. The number of aromatic nitrogens is 2. The van der Waals surface area contributed by atoms with Crippen LogP contribution in [-0.4, -0.2) is 60.8 Å². The third-order valence-electron chi connectivity index (χ3n) is 5.65. The van der Waals surface area contributed by atoms with Gasteiger partial charge in [-0.15, -0.1) is 0 Å². The smallest absolute Gasteiger partial charge is 0.161 e.